The summed E-state index contributed by atoms with van der Waals surface area (Å²) in [4.78, 5) is 2.54. The molecule has 2 aromatic rings. The second-order valence-corrected chi connectivity index (χ2v) is 7.70. The number of likely N-dealkylation sites (tertiary alicyclic amines) is 1. The Morgan fingerprint density at radius 3 is 2.81 bits per heavy atom. The molecule has 3 unspecified atom stereocenters. The first kappa shape index (κ1) is 18.4. The number of hydrazine groups is 1. The van der Waals surface area contributed by atoms with Crippen LogP contribution in [0.5, 0.6) is 5.75 Å². The number of ether oxygens (including phenoxy) is 1. The van der Waals surface area contributed by atoms with Gasteiger partial charge in [0.1, 0.15) is 11.6 Å². The number of rotatable bonds is 5. The lowest BCUT2D eigenvalue weighted by molar-refractivity contribution is 0.139. The summed E-state index contributed by atoms with van der Waals surface area (Å²) in [5.74, 6) is 1.62. The Kier molecular flexibility index (Phi) is 5.72. The number of hydrogen-bond acceptors (Lipinski definition) is 4. The van der Waals surface area contributed by atoms with Crippen molar-refractivity contribution >= 4 is 0 Å². The van der Waals surface area contributed by atoms with E-state index in [-0.39, 0.29) is 5.82 Å². The zero-order valence-electron chi connectivity index (χ0n) is 15.8. The van der Waals surface area contributed by atoms with E-state index in [0.717, 1.165) is 37.5 Å². The van der Waals surface area contributed by atoms with Crippen LogP contribution in [0.3, 0.4) is 0 Å². The number of methoxy groups -OCH3 is 1. The molecule has 0 amide bonds. The molecule has 0 bridgehead atoms. The molecule has 3 atom stereocenters. The molecule has 2 aliphatic rings. The Hall–Kier alpha value is -1.95. The molecule has 0 aliphatic carbocycles. The van der Waals surface area contributed by atoms with Gasteiger partial charge in [0.2, 0.25) is 0 Å². The fourth-order valence-corrected chi connectivity index (χ4v) is 4.54. The van der Waals surface area contributed by atoms with E-state index in [0.29, 0.717) is 17.9 Å². The fourth-order valence-electron chi connectivity index (χ4n) is 4.54. The second-order valence-electron chi connectivity index (χ2n) is 7.70. The monoisotopic (exact) mass is 369 g/mol. The highest BCUT2D eigenvalue weighted by atomic mass is 19.1. The van der Waals surface area contributed by atoms with Gasteiger partial charge in [-0.15, -0.1) is 0 Å². The molecule has 2 saturated heterocycles. The lowest BCUT2D eigenvalue weighted by Gasteiger charge is -2.37. The largest absolute Gasteiger partial charge is 0.497 e. The van der Waals surface area contributed by atoms with Gasteiger partial charge in [-0.3, -0.25) is 15.8 Å². The van der Waals surface area contributed by atoms with E-state index in [4.69, 9.17) is 4.74 Å². The van der Waals surface area contributed by atoms with Gasteiger partial charge in [0, 0.05) is 31.6 Å². The molecule has 0 radical (unpaired) electrons. The first-order chi connectivity index (χ1) is 13.2. The van der Waals surface area contributed by atoms with Crippen LogP contribution in [0.15, 0.2) is 48.5 Å². The summed E-state index contributed by atoms with van der Waals surface area (Å²) < 4.78 is 18.9. The molecule has 4 nitrogen and oxygen atoms in total. The molecule has 27 heavy (non-hydrogen) atoms. The van der Waals surface area contributed by atoms with Crippen LogP contribution in [-0.4, -0.2) is 37.7 Å². The van der Waals surface area contributed by atoms with Crippen molar-refractivity contribution in [2.24, 2.45) is 5.92 Å². The number of halogens is 1. The van der Waals surface area contributed by atoms with Crippen LogP contribution in [0, 0.1) is 11.7 Å². The molecule has 2 N–H and O–H groups in total. The zero-order valence-corrected chi connectivity index (χ0v) is 15.8. The molecule has 2 fully saturated rings. The SMILES string of the molecule is COc1ccc(CN2CCCC(C3NNCC3c3cccc(F)c3)C2)cc1. The fraction of sp³-hybridized carbons (Fsp3) is 0.455. The van der Waals surface area contributed by atoms with Crippen LogP contribution in [0.25, 0.3) is 0 Å². The van der Waals surface area contributed by atoms with Crippen LogP contribution in [0.4, 0.5) is 4.39 Å². The third-order valence-corrected chi connectivity index (χ3v) is 5.92. The Morgan fingerprint density at radius 1 is 1.19 bits per heavy atom. The molecule has 4 rings (SSSR count). The summed E-state index contributed by atoms with van der Waals surface area (Å²) in [5.41, 5.74) is 9.19. The van der Waals surface area contributed by atoms with Gasteiger partial charge in [-0.1, -0.05) is 24.3 Å². The van der Waals surface area contributed by atoms with Crippen LogP contribution in [0.1, 0.15) is 29.9 Å². The van der Waals surface area contributed by atoms with E-state index in [2.05, 4.69) is 27.9 Å². The molecular weight excluding hydrogens is 341 g/mol. The van der Waals surface area contributed by atoms with Crippen LogP contribution < -0.4 is 15.6 Å². The number of benzene rings is 2. The average Bonchev–Trinajstić information content (AvgIpc) is 3.19. The van der Waals surface area contributed by atoms with Crippen molar-refractivity contribution in [2.45, 2.75) is 31.3 Å². The van der Waals surface area contributed by atoms with Crippen molar-refractivity contribution in [2.75, 3.05) is 26.7 Å². The smallest absolute Gasteiger partial charge is 0.123 e. The van der Waals surface area contributed by atoms with Gasteiger partial charge in [-0.05, 0) is 60.7 Å². The van der Waals surface area contributed by atoms with Crippen LogP contribution in [-0.2, 0) is 6.54 Å². The zero-order chi connectivity index (χ0) is 18.6. The second kappa shape index (κ2) is 8.38. The van der Waals surface area contributed by atoms with E-state index in [1.54, 1.807) is 13.2 Å². The predicted octanol–water partition coefficient (Wildman–Crippen LogP) is 3.31. The van der Waals surface area contributed by atoms with Crippen LogP contribution in [0.2, 0.25) is 0 Å². The van der Waals surface area contributed by atoms with Gasteiger partial charge in [-0.25, -0.2) is 4.39 Å². The maximum atomic E-state index is 13.7. The topological polar surface area (TPSA) is 36.5 Å². The summed E-state index contributed by atoms with van der Waals surface area (Å²) >= 11 is 0. The summed E-state index contributed by atoms with van der Waals surface area (Å²) in [6.07, 6.45) is 2.42. The van der Waals surface area contributed by atoms with E-state index < -0.39 is 0 Å². The minimum absolute atomic E-state index is 0.150. The van der Waals surface area contributed by atoms with E-state index >= 15 is 0 Å². The standard InChI is InChI=1S/C22H28FN3O/c1-27-20-9-7-16(8-10-20)14-26-11-3-5-18(15-26)22-21(13-24-25-22)17-4-2-6-19(23)12-17/h2,4,6-10,12,18,21-22,24-25H,3,5,11,13-15H2,1H3. The maximum absolute atomic E-state index is 13.7. The predicted molar refractivity (Wildman–Crippen MR) is 105 cm³/mol. The number of nitrogens with zero attached hydrogens (tertiary/aromatic N) is 1. The number of hydrogen-bond donors (Lipinski definition) is 2. The third-order valence-electron chi connectivity index (χ3n) is 5.92. The molecule has 2 aromatic carbocycles. The Morgan fingerprint density at radius 2 is 2.04 bits per heavy atom. The van der Waals surface area contributed by atoms with Crippen LogP contribution >= 0.6 is 0 Å². The molecular formula is C22H28FN3O. The Balaban J connectivity index is 1.42. The number of nitrogens with one attached hydrogen (secondary N) is 2. The van der Waals surface area contributed by atoms with Gasteiger partial charge < -0.3 is 4.74 Å². The van der Waals surface area contributed by atoms with E-state index in [1.807, 2.05) is 24.3 Å². The minimum Gasteiger partial charge on any atom is -0.497 e. The summed E-state index contributed by atoms with van der Waals surface area (Å²) in [6, 6.07) is 15.8. The molecule has 2 heterocycles. The third kappa shape index (κ3) is 4.32. The Bertz CT molecular complexity index is 751. The van der Waals surface area contributed by atoms with Gasteiger partial charge in [-0.2, -0.15) is 0 Å². The molecule has 0 spiro atoms. The quantitative estimate of drug-likeness (QED) is 0.848. The highest BCUT2D eigenvalue weighted by Crippen LogP contribution is 2.32. The van der Waals surface area contributed by atoms with Gasteiger partial charge in [0.05, 0.1) is 7.11 Å². The summed E-state index contributed by atoms with van der Waals surface area (Å²) in [5, 5.41) is 0. The van der Waals surface area contributed by atoms with Crippen molar-refractivity contribution in [3.8, 4) is 5.75 Å². The van der Waals surface area contributed by atoms with Gasteiger partial charge in [0.25, 0.3) is 0 Å². The first-order valence-electron chi connectivity index (χ1n) is 9.82. The lowest BCUT2D eigenvalue weighted by atomic mass is 9.81. The highest BCUT2D eigenvalue weighted by Gasteiger charge is 2.36. The van der Waals surface area contributed by atoms with E-state index in [9.17, 15) is 4.39 Å². The van der Waals surface area contributed by atoms with Gasteiger partial charge in [0.15, 0.2) is 0 Å². The van der Waals surface area contributed by atoms with Crippen molar-refractivity contribution in [1.29, 1.82) is 0 Å². The average molecular weight is 369 g/mol. The lowest BCUT2D eigenvalue weighted by Crippen LogP contribution is -2.46. The van der Waals surface area contributed by atoms with Crippen molar-refractivity contribution < 1.29 is 9.13 Å². The normalized spacial score (nSPS) is 26.2. The summed E-state index contributed by atoms with van der Waals surface area (Å²) in [7, 11) is 1.70. The molecule has 5 heteroatoms. The van der Waals surface area contributed by atoms with Crippen molar-refractivity contribution in [3.05, 3.63) is 65.5 Å². The highest BCUT2D eigenvalue weighted by molar-refractivity contribution is 5.27. The van der Waals surface area contributed by atoms with E-state index in [1.165, 1.54) is 24.5 Å². The van der Waals surface area contributed by atoms with Crippen molar-refractivity contribution in [3.63, 3.8) is 0 Å². The minimum atomic E-state index is -0.150. The Labute approximate surface area is 160 Å². The molecule has 0 aromatic heterocycles. The summed E-state index contributed by atoms with van der Waals surface area (Å²) in [6.45, 7) is 4.01. The van der Waals surface area contributed by atoms with Gasteiger partial charge >= 0.3 is 0 Å². The van der Waals surface area contributed by atoms with Crippen molar-refractivity contribution in [1.82, 2.24) is 15.8 Å². The first-order valence-corrected chi connectivity index (χ1v) is 9.82. The molecule has 0 saturated carbocycles. The maximum Gasteiger partial charge on any atom is 0.123 e. The molecule has 2 aliphatic heterocycles. The number of piperidine rings is 1. The molecule has 144 valence electrons.